The van der Waals surface area contributed by atoms with E-state index in [0.29, 0.717) is 0 Å². The van der Waals surface area contributed by atoms with E-state index < -0.39 is 7.95 Å². The molecule has 2 aliphatic carbocycles. The van der Waals surface area contributed by atoms with Crippen LogP contribution < -0.4 is 5.30 Å². The molecule has 3 aromatic carbocycles. The largest absolute Gasteiger partial charge is 0.585 e. The van der Waals surface area contributed by atoms with Gasteiger partial charge >= 0.3 is 7.95 Å². The molecule has 33 heavy (non-hydrogen) atoms. The lowest BCUT2D eigenvalue weighted by atomic mass is 9.79. The molecular formula is C29H27NO2P-. The highest BCUT2D eigenvalue weighted by Gasteiger charge is 2.36. The molecule has 4 heteroatoms. The summed E-state index contributed by atoms with van der Waals surface area (Å²) in [5.41, 5.74) is 2.82. The average Bonchev–Trinajstić information content (AvgIpc) is 3.39. The van der Waals surface area contributed by atoms with Crippen LogP contribution in [0.3, 0.4) is 0 Å². The second kappa shape index (κ2) is 9.23. The van der Waals surface area contributed by atoms with Gasteiger partial charge in [0.2, 0.25) is 0 Å². The van der Waals surface area contributed by atoms with Gasteiger partial charge in [-0.15, -0.1) is 36.4 Å². The average molecular weight is 453 g/mol. The highest BCUT2D eigenvalue weighted by molar-refractivity contribution is 7.51. The van der Waals surface area contributed by atoms with Gasteiger partial charge in [0.25, 0.3) is 6.10 Å². The maximum atomic E-state index is 11.1. The standard InChI is InChI=1S/C29H27NO2P/c1-3-30(4-2)33(23-13-7-8-14-23)32-27-20-18-22-12-6-10-16-25(22)29(27)28-24-15-9-5-11-21(24)17-19-26(28)31/h5-20,31H,3-4H2,1-2H3/q-1. The van der Waals surface area contributed by atoms with Gasteiger partial charge in [-0.3, -0.25) is 0 Å². The van der Waals surface area contributed by atoms with Gasteiger partial charge in [0.15, 0.2) is 5.30 Å². The second-order valence-corrected chi connectivity index (χ2v) is 9.80. The minimum absolute atomic E-state index is 0.260. The predicted octanol–water partition coefficient (Wildman–Crippen LogP) is 6.77. The van der Waals surface area contributed by atoms with Crippen LogP contribution in [-0.2, 0) is 4.20 Å². The summed E-state index contributed by atoms with van der Waals surface area (Å²) in [7, 11) is -1.02. The third-order valence-corrected chi connectivity index (χ3v) is 8.27. The molecule has 0 saturated carbocycles. The van der Waals surface area contributed by atoms with Crippen molar-refractivity contribution in [2.45, 2.75) is 13.8 Å². The first kappa shape index (κ1) is 21.5. The van der Waals surface area contributed by atoms with Crippen LogP contribution in [0.1, 0.15) is 19.4 Å². The molecule has 166 valence electrons. The van der Waals surface area contributed by atoms with Crippen LogP contribution in [0.25, 0.3) is 16.3 Å². The molecule has 3 aromatic rings. The zero-order valence-electron chi connectivity index (χ0n) is 18.9. The molecule has 3 nitrogen and oxygen atoms in total. The lowest BCUT2D eigenvalue weighted by Crippen LogP contribution is -2.20. The van der Waals surface area contributed by atoms with Crippen LogP contribution in [0.4, 0.5) is 0 Å². The lowest BCUT2D eigenvalue weighted by molar-refractivity contribution is 0.182. The van der Waals surface area contributed by atoms with Crippen molar-refractivity contribution < 1.29 is 9.30 Å². The quantitative estimate of drug-likeness (QED) is 0.255. The first-order valence-corrected chi connectivity index (χ1v) is 12.6. The van der Waals surface area contributed by atoms with Gasteiger partial charge in [-0.2, -0.15) is 23.6 Å². The first-order valence-electron chi connectivity index (χ1n) is 11.4. The van der Waals surface area contributed by atoms with Crippen LogP contribution in [0, 0.1) is 12.0 Å². The Labute approximate surface area is 196 Å². The Morgan fingerprint density at radius 2 is 1.70 bits per heavy atom. The number of benzene rings is 2. The van der Waals surface area contributed by atoms with Crippen molar-refractivity contribution in [1.82, 2.24) is 4.67 Å². The fourth-order valence-electron chi connectivity index (χ4n) is 4.45. The highest BCUT2D eigenvalue weighted by atomic mass is 31.1. The van der Waals surface area contributed by atoms with Crippen LogP contribution in [0.5, 0.6) is 5.75 Å². The van der Waals surface area contributed by atoms with Crippen LogP contribution in [0.15, 0.2) is 103 Å². The van der Waals surface area contributed by atoms with Crippen molar-refractivity contribution in [1.29, 1.82) is 0 Å². The van der Waals surface area contributed by atoms with E-state index in [1.54, 1.807) is 6.07 Å². The number of nitrogens with zero attached hydrogens (tertiary/aromatic N) is 1. The van der Waals surface area contributed by atoms with Crippen molar-refractivity contribution in [3.8, 4) is 5.75 Å². The third-order valence-electron chi connectivity index (χ3n) is 6.09. The summed E-state index contributed by atoms with van der Waals surface area (Å²) < 4.78 is 9.25. The van der Waals surface area contributed by atoms with Crippen molar-refractivity contribution >= 4 is 29.6 Å². The van der Waals surface area contributed by atoms with E-state index in [2.05, 4.69) is 79.2 Å². The minimum Gasteiger partial charge on any atom is -0.518 e. The lowest BCUT2D eigenvalue weighted by Gasteiger charge is -2.36. The third kappa shape index (κ3) is 3.95. The molecule has 0 saturated heterocycles. The molecule has 0 aromatic heterocycles. The van der Waals surface area contributed by atoms with Crippen molar-refractivity contribution in [3.05, 3.63) is 120 Å². The Morgan fingerprint density at radius 1 is 0.909 bits per heavy atom. The zero-order chi connectivity index (χ0) is 22.8. The van der Waals surface area contributed by atoms with E-state index >= 15 is 0 Å². The molecule has 0 bridgehead atoms. The molecule has 0 fully saturated rings. The van der Waals surface area contributed by atoms with Crippen molar-refractivity contribution in [2.75, 3.05) is 13.1 Å². The highest BCUT2D eigenvalue weighted by Crippen LogP contribution is 2.47. The number of fused-ring (bicyclic) bond motifs is 2. The number of allylic oxidation sites excluding steroid dienone is 6. The summed E-state index contributed by atoms with van der Waals surface area (Å²) in [5.74, 6) is 1.38. The second-order valence-electron chi connectivity index (χ2n) is 7.99. The summed E-state index contributed by atoms with van der Waals surface area (Å²) in [4.78, 5) is 0. The van der Waals surface area contributed by atoms with Gasteiger partial charge in [-0.25, -0.2) is 12.1 Å². The number of phenolic OH excluding ortho intramolecular Hbond substituents is 1. The summed E-state index contributed by atoms with van der Waals surface area (Å²) in [6.07, 6.45) is 13.3. The number of aromatic hydroxyl groups is 1. The van der Waals surface area contributed by atoms with E-state index in [1.807, 2.05) is 30.4 Å². The van der Waals surface area contributed by atoms with Gasteiger partial charge in [-0.05, 0) is 25.3 Å². The summed E-state index contributed by atoms with van der Waals surface area (Å²) >= 11 is 0. The van der Waals surface area contributed by atoms with Gasteiger partial charge in [0, 0.05) is 13.1 Å². The molecule has 0 aliphatic heterocycles. The fourth-order valence-corrected chi connectivity index (χ4v) is 6.27. The molecule has 5 rings (SSSR count). The van der Waals surface area contributed by atoms with Crippen LogP contribution in [-0.4, -0.2) is 22.9 Å². The van der Waals surface area contributed by atoms with E-state index in [-0.39, 0.29) is 5.75 Å². The number of rotatable bonds is 6. The number of hydrogen-bond donors (Lipinski definition) is 1. The molecule has 1 N–H and O–H groups in total. The van der Waals surface area contributed by atoms with Crippen molar-refractivity contribution in [3.63, 3.8) is 0 Å². The maximum absolute atomic E-state index is 11.1. The first-order chi connectivity index (χ1) is 16.2. The predicted molar refractivity (Wildman–Crippen MR) is 139 cm³/mol. The van der Waals surface area contributed by atoms with Crippen LogP contribution in [0.2, 0.25) is 0 Å². The normalized spacial score (nSPS) is 15.8. The molecule has 1 unspecified atom stereocenters. The molecule has 2 aliphatic rings. The Morgan fingerprint density at radius 3 is 2.48 bits per heavy atom. The van der Waals surface area contributed by atoms with Gasteiger partial charge in [0.1, 0.15) is 0 Å². The van der Waals surface area contributed by atoms with E-state index in [0.717, 1.165) is 52.6 Å². The molecule has 0 spiro atoms. The Bertz CT molecular complexity index is 1310. The van der Waals surface area contributed by atoms with Crippen LogP contribution >= 0.6 is 7.95 Å². The zero-order valence-corrected chi connectivity index (χ0v) is 19.8. The molecule has 0 heterocycles. The van der Waals surface area contributed by atoms with E-state index in [1.165, 1.54) is 5.30 Å². The molecule has 0 radical (unpaired) electrons. The number of phenols is 1. The smallest absolute Gasteiger partial charge is 0.518 e. The number of hydrogen-bond acceptors (Lipinski definition) is 1. The Hall–Kier alpha value is -3.39. The van der Waals surface area contributed by atoms with Crippen molar-refractivity contribution in [2.24, 2.45) is 0 Å². The van der Waals surface area contributed by atoms with Gasteiger partial charge in [-0.1, -0.05) is 55.7 Å². The Kier molecular flexibility index (Phi) is 6.00. The van der Waals surface area contributed by atoms with E-state index in [4.69, 9.17) is 4.20 Å². The minimum atomic E-state index is -1.02. The monoisotopic (exact) mass is 452 g/mol. The molecule has 0 amide bonds. The summed E-state index contributed by atoms with van der Waals surface area (Å²) in [6, 6.07) is 20.4. The summed E-state index contributed by atoms with van der Waals surface area (Å²) in [6.45, 7) is 6.14. The SMILES string of the molecule is CCN(CC)[P+](=[O+][C-]1C=C[C-]2C=CC=CC2=C1c1c(O)ccc2ccccc12)[c-]1cccc1. The summed E-state index contributed by atoms with van der Waals surface area (Å²) in [5, 5.41) is 14.4. The molecular weight excluding hydrogens is 425 g/mol. The fraction of sp³-hybridized carbons (Fsp3) is 0.138. The maximum Gasteiger partial charge on any atom is 0.585 e. The molecule has 1 atom stereocenters. The van der Waals surface area contributed by atoms with E-state index in [9.17, 15) is 5.11 Å². The van der Waals surface area contributed by atoms with Gasteiger partial charge < -0.3 is 5.11 Å². The van der Waals surface area contributed by atoms with Gasteiger partial charge in [0.05, 0.1) is 5.75 Å². The Balaban J connectivity index is 1.76. The topological polar surface area (TPSA) is 34.8 Å².